The van der Waals surface area contributed by atoms with Gasteiger partial charge < -0.3 is 20.0 Å². The van der Waals surface area contributed by atoms with Crippen LogP contribution in [0.15, 0.2) is 85.5 Å². The van der Waals surface area contributed by atoms with E-state index < -0.39 is 5.54 Å². The molecular weight excluding hydrogens is 452 g/mol. The van der Waals surface area contributed by atoms with Crippen molar-refractivity contribution in [2.45, 2.75) is 18.4 Å². The van der Waals surface area contributed by atoms with Gasteiger partial charge in [0.05, 0.1) is 6.67 Å². The maximum Gasteiger partial charge on any atom is 0.253 e. The zero-order valence-electron chi connectivity index (χ0n) is 20.2. The number of nitrogens with zero attached hydrogens (tertiary/aromatic N) is 3. The topological polar surface area (TPSA) is 73.0 Å². The summed E-state index contributed by atoms with van der Waals surface area (Å²) in [6, 6.07) is 23.6. The number of rotatable bonds is 6. The van der Waals surface area contributed by atoms with Gasteiger partial charge in [0.15, 0.2) is 0 Å². The average Bonchev–Trinajstić information content (AvgIpc) is 3.18. The van der Waals surface area contributed by atoms with Gasteiger partial charge in [-0.05, 0) is 47.9 Å². The van der Waals surface area contributed by atoms with Gasteiger partial charge in [0.25, 0.3) is 11.8 Å². The van der Waals surface area contributed by atoms with E-state index in [9.17, 15) is 14.4 Å². The summed E-state index contributed by atoms with van der Waals surface area (Å²) in [6.45, 7) is 5.26. The smallest absolute Gasteiger partial charge is 0.253 e. The van der Waals surface area contributed by atoms with Crippen molar-refractivity contribution in [2.24, 2.45) is 0 Å². The zero-order valence-corrected chi connectivity index (χ0v) is 20.2. The Bertz CT molecular complexity index is 1300. The van der Waals surface area contributed by atoms with Gasteiger partial charge in [0, 0.05) is 30.9 Å². The molecule has 184 valence electrons. The van der Waals surface area contributed by atoms with Gasteiger partial charge in [-0.1, -0.05) is 54.6 Å². The summed E-state index contributed by atoms with van der Waals surface area (Å²) in [7, 11) is 0. The third kappa shape index (κ3) is 4.33. The lowest BCUT2D eigenvalue weighted by Gasteiger charge is -2.43. The second-order valence-electron chi connectivity index (χ2n) is 9.39. The van der Waals surface area contributed by atoms with Crippen LogP contribution in [0.25, 0.3) is 10.8 Å². The fourth-order valence-electron chi connectivity index (χ4n) is 5.32. The minimum Gasteiger partial charge on any atom is -0.351 e. The summed E-state index contributed by atoms with van der Waals surface area (Å²) in [5.74, 6) is -0.289. The van der Waals surface area contributed by atoms with Crippen LogP contribution in [-0.4, -0.2) is 65.9 Å². The number of hydrogen-bond acceptors (Lipinski definition) is 4. The third-order valence-electron chi connectivity index (χ3n) is 7.23. The van der Waals surface area contributed by atoms with Crippen molar-refractivity contribution < 1.29 is 14.4 Å². The van der Waals surface area contributed by atoms with Crippen molar-refractivity contribution in [3.05, 3.63) is 91.0 Å². The minimum atomic E-state index is -0.778. The third-order valence-corrected chi connectivity index (χ3v) is 7.23. The average molecular weight is 483 g/mol. The molecular formula is C29H30N4O3. The highest BCUT2D eigenvalue weighted by Crippen LogP contribution is 2.39. The van der Waals surface area contributed by atoms with Gasteiger partial charge in [0.2, 0.25) is 5.91 Å². The highest BCUT2D eigenvalue weighted by molar-refractivity contribution is 6.00. The van der Waals surface area contributed by atoms with E-state index in [0.29, 0.717) is 44.7 Å². The number of carbonyl (C=O) groups excluding carboxylic acids is 3. The first-order valence-electron chi connectivity index (χ1n) is 12.3. The van der Waals surface area contributed by atoms with Gasteiger partial charge >= 0.3 is 0 Å². The molecule has 2 heterocycles. The molecule has 3 aromatic carbocycles. The Kier molecular flexibility index (Phi) is 6.46. The first kappa shape index (κ1) is 23.6. The van der Waals surface area contributed by atoms with E-state index in [1.54, 1.807) is 11.0 Å². The molecule has 2 aliphatic rings. The van der Waals surface area contributed by atoms with Crippen LogP contribution in [-0.2, 0) is 9.59 Å². The predicted molar refractivity (Wildman–Crippen MR) is 141 cm³/mol. The number of carbonyl (C=O) groups is 3. The fourth-order valence-corrected chi connectivity index (χ4v) is 5.32. The summed E-state index contributed by atoms with van der Waals surface area (Å²) >= 11 is 0. The molecule has 3 aromatic rings. The molecule has 3 amide bonds. The molecule has 36 heavy (non-hydrogen) atoms. The first-order chi connectivity index (χ1) is 17.5. The normalized spacial score (nSPS) is 17.0. The number of amides is 3. The van der Waals surface area contributed by atoms with E-state index >= 15 is 0 Å². The highest BCUT2D eigenvalue weighted by atomic mass is 16.2. The second-order valence-corrected chi connectivity index (χ2v) is 9.39. The second kappa shape index (κ2) is 9.85. The van der Waals surface area contributed by atoms with Crippen LogP contribution in [0.2, 0.25) is 0 Å². The van der Waals surface area contributed by atoms with Gasteiger partial charge in [-0.15, -0.1) is 6.58 Å². The Morgan fingerprint density at radius 3 is 2.36 bits per heavy atom. The van der Waals surface area contributed by atoms with Crippen molar-refractivity contribution in [3.8, 4) is 0 Å². The van der Waals surface area contributed by atoms with Crippen LogP contribution in [0, 0.1) is 0 Å². The maximum atomic E-state index is 13.7. The molecule has 0 aromatic heterocycles. The van der Waals surface area contributed by atoms with Gasteiger partial charge in [0.1, 0.15) is 12.1 Å². The molecule has 7 heteroatoms. The van der Waals surface area contributed by atoms with E-state index in [2.05, 4.69) is 16.8 Å². The summed E-state index contributed by atoms with van der Waals surface area (Å²) in [5, 5.41) is 4.88. The van der Waals surface area contributed by atoms with Crippen LogP contribution >= 0.6 is 0 Å². The highest BCUT2D eigenvalue weighted by Gasteiger charge is 2.54. The Balaban J connectivity index is 1.36. The first-order valence-corrected chi connectivity index (χ1v) is 12.3. The Morgan fingerprint density at radius 2 is 1.64 bits per heavy atom. The largest absolute Gasteiger partial charge is 0.351 e. The lowest BCUT2D eigenvalue weighted by Crippen LogP contribution is -2.57. The molecule has 2 aliphatic heterocycles. The van der Waals surface area contributed by atoms with E-state index in [-0.39, 0.29) is 24.3 Å². The van der Waals surface area contributed by atoms with Gasteiger partial charge in [-0.2, -0.15) is 0 Å². The molecule has 2 fully saturated rings. The molecule has 0 bridgehead atoms. The molecule has 0 aliphatic carbocycles. The number of hydrogen-bond donors (Lipinski definition) is 1. The molecule has 0 atom stereocenters. The maximum absolute atomic E-state index is 13.7. The van der Waals surface area contributed by atoms with Crippen LogP contribution in [0.5, 0.6) is 0 Å². The summed E-state index contributed by atoms with van der Waals surface area (Å²) in [4.78, 5) is 45.0. The number of piperidine rings is 1. The number of benzene rings is 3. The van der Waals surface area contributed by atoms with Crippen molar-refractivity contribution >= 4 is 34.2 Å². The van der Waals surface area contributed by atoms with E-state index in [4.69, 9.17) is 0 Å². The molecule has 0 unspecified atom stereocenters. The van der Waals surface area contributed by atoms with Crippen molar-refractivity contribution in [1.29, 1.82) is 0 Å². The molecule has 0 saturated carbocycles. The predicted octanol–water partition coefficient (Wildman–Crippen LogP) is 3.42. The van der Waals surface area contributed by atoms with Crippen LogP contribution < -0.4 is 10.2 Å². The molecule has 1 N–H and O–H groups in total. The standard InChI is InChI=1S/C29H30N4O3/c1-2-16-30-26(34)20-32-21-33(25-10-4-3-5-11-25)29(28(32)36)14-17-31(18-15-29)27(35)24-13-12-22-8-6-7-9-23(22)19-24/h2-13,19H,1,14-18,20-21H2,(H,30,34). The molecule has 1 spiro atoms. The monoisotopic (exact) mass is 482 g/mol. The van der Waals surface area contributed by atoms with Crippen LogP contribution in [0.3, 0.4) is 0 Å². The quantitative estimate of drug-likeness (QED) is 0.547. The van der Waals surface area contributed by atoms with E-state index in [1.807, 2.05) is 77.7 Å². The molecule has 5 rings (SSSR count). The zero-order chi connectivity index (χ0) is 25.1. The number of likely N-dealkylation sites (tertiary alicyclic amines) is 1. The van der Waals surface area contributed by atoms with Gasteiger partial charge in [-0.25, -0.2) is 0 Å². The summed E-state index contributed by atoms with van der Waals surface area (Å²) < 4.78 is 0. The number of para-hydroxylation sites is 1. The molecule has 2 saturated heterocycles. The van der Waals surface area contributed by atoms with Crippen molar-refractivity contribution in [2.75, 3.05) is 37.7 Å². The minimum absolute atomic E-state index is 0.00249. The van der Waals surface area contributed by atoms with Crippen molar-refractivity contribution in [1.82, 2.24) is 15.1 Å². The fraction of sp³-hybridized carbons (Fsp3) is 0.276. The summed E-state index contributed by atoms with van der Waals surface area (Å²) in [5.41, 5.74) is 0.817. The Labute approximate surface area is 211 Å². The summed E-state index contributed by atoms with van der Waals surface area (Å²) in [6.07, 6.45) is 2.62. The number of fused-ring (bicyclic) bond motifs is 1. The lowest BCUT2D eigenvalue weighted by molar-refractivity contribution is -0.137. The Hall–Kier alpha value is -4.13. The van der Waals surface area contributed by atoms with Crippen LogP contribution in [0.1, 0.15) is 23.2 Å². The molecule has 0 radical (unpaired) electrons. The van der Waals surface area contributed by atoms with Crippen LogP contribution in [0.4, 0.5) is 5.69 Å². The van der Waals surface area contributed by atoms with Gasteiger partial charge in [-0.3, -0.25) is 14.4 Å². The molecule has 7 nitrogen and oxygen atoms in total. The number of anilines is 1. The van der Waals surface area contributed by atoms with Crippen molar-refractivity contribution in [3.63, 3.8) is 0 Å². The Morgan fingerprint density at radius 1 is 0.944 bits per heavy atom. The SMILES string of the molecule is C=CCNC(=O)CN1CN(c2ccccc2)C2(CCN(C(=O)c3ccc4ccccc4c3)CC2)C1=O. The lowest BCUT2D eigenvalue weighted by atomic mass is 9.85. The number of nitrogens with one attached hydrogen (secondary N) is 1. The van der Waals surface area contributed by atoms with E-state index in [1.165, 1.54) is 0 Å². The van der Waals surface area contributed by atoms with E-state index in [0.717, 1.165) is 16.5 Å².